The molecule has 0 amide bonds. The number of nitro groups is 1. The molecule has 140 valence electrons. The minimum Gasteiger partial charge on any atom is -0.446 e. The number of carbonyl (C=O) groups excluding carboxylic acids is 2. The van der Waals surface area contributed by atoms with Crippen molar-refractivity contribution in [2.75, 3.05) is 0 Å². The van der Waals surface area contributed by atoms with E-state index in [0.717, 1.165) is 6.08 Å². The molecule has 3 aromatic rings. The summed E-state index contributed by atoms with van der Waals surface area (Å²) >= 11 is 0. The molecular weight excluding hydrogens is 362 g/mol. The Morgan fingerprint density at radius 2 is 1.61 bits per heavy atom. The van der Waals surface area contributed by atoms with Crippen LogP contribution in [0.4, 0.5) is 5.88 Å². The SMILES string of the molecule is O=C(/C=C/c1ccc([N+](=O)[O-])o1)O[C@H](C(=O)c1ccccc1)c1ccccc1. The van der Waals surface area contributed by atoms with Gasteiger partial charge < -0.3 is 9.15 Å². The fourth-order valence-electron chi connectivity index (χ4n) is 2.49. The van der Waals surface area contributed by atoms with E-state index in [1.807, 2.05) is 0 Å². The first-order chi connectivity index (χ1) is 13.5. The molecule has 1 heterocycles. The highest BCUT2D eigenvalue weighted by atomic mass is 16.6. The van der Waals surface area contributed by atoms with Crippen LogP contribution in [0, 0.1) is 10.1 Å². The van der Waals surface area contributed by atoms with E-state index in [2.05, 4.69) is 0 Å². The smallest absolute Gasteiger partial charge is 0.433 e. The Bertz CT molecular complexity index is 1010. The summed E-state index contributed by atoms with van der Waals surface area (Å²) in [7, 11) is 0. The maximum Gasteiger partial charge on any atom is 0.433 e. The number of carbonyl (C=O) groups is 2. The van der Waals surface area contributed by atoms with Crippen LogP contribution in [0.5, 0.6) is 0 Å². The number of benzene rings is 2. The second kappa shape index (κ2) is 8.59. The first-order valence-electron chi connectivity index (χ1n) is 8.32. The van der Waals surface area contributed by atoms with Crippen LogP contribution < -0.4 is 0 Å². The number of Topliss-reactive ketones (excluding diaryl/α,β-unsaturated/α-hetero) is 1. The third kappa shape index (κ3) is 4.59. The minimum absolute atomic E-state index is 0.120. The maximum absolute atomic E-state index is 12.8. The summed E-state index contributed by atoms with van der Waals surface area (Å²) < 4.78 is 10.3. The van der Waals surface area contributed by atoms with Crippen LogP contribution in [0.15, 0.2) is 83.3 Å². The molecule has 0 radical (unpaired) electrons. The Kier molecular flexibility index (Phi) is 5.76. The number of nitrogens with zero attached hydrogens (tertiary/aromatic N) is 1. The summed E-state index contributed by atoms with van der Waals surface area (Å²) in [4.78, 5) is 35.0. The summed E-state index contributed by atoms with van der Waals surface area (Å²) in [6, 6.07) is 19.7. The first-order valence-corrected chi connectivity index (χ1v) is 8.32. The predicted octanol–water partition coefficient (Wildman–Crippen LogP) is 4.37. The molecule has 0 N–H and O–H groups in total. The second-order valence-electron chi connectivity index (χ2n) is 5.72. The molecule has 0 aliphatic heterocycles. The lowest BCUT2D eigenvalue weighted by Gasteiger charge is -2.16. The Morgan fingerprint density at radius 1 is 0.964 bits per heavy atom. The van der Waals surface area contributed by atoms with E-state index in [9.17, 15) is 19.7 Å². The van der Waals surface area contributed by atoms with E-state index in [1.165, 1.54) is 18.2 Å². The molecule has 0 saturated carbocycles. The zero-order valence-electron chi connectivity index (χ0n) is 14.6. The van der Waals surface area contributed by atoms with Gasteiger partial charge in [-0.2, -0.15) is 0 Å². The Morgan fingerprint density at radius 3 is 2.21 bits per heavy atom. The van der Waals surface area contributed by atoms with Gasteiger partial charge in [0.25, 0.3) is 0 Å². The molecule has 1 atom stereocenters. The van der Waals surface area contributed by atoms with E-state index in [0.29, 0.717) is 11.1 Å². The lowest BCUT2D eigenvalue weighted by Crippen LogP contribution is -2.19. The Labute approximate surface area is 160 Å². The van der Waals surface area contributed by atoms with Gasteiger partial charge in [0.2, 0.25) is 5.78 Å². The minimum atomic E-state index is -1.12. The van der Waals surface area contributed by atoms with Crippen molar-refractivity contribution in [1.82, 2.24) is 0 Å². The normalized spacial score (nSPS) is 11.9. The fraction of sp³-hybridized carbons (Fsp3) is 0.0476. The van der Waals surface area contributed by atoms with Crippen molar-refractivity contribution in [3.8, 4) is 0 Å². The number of hydrogen-bond acceptors (Lipinski definition) is 6. The summed E-state index contributed by atoms with van der Waals surface area (Å²) in [6.07, 6.45) is 1.17. The van der Waals surface area contributed by atoms with Crippen molar-refractivity contribution in [2.24, 2.45) is 0 Å². The molecule has 0 unspecified atom stereocenters. The van der Waals surface area contributed by atoms with Crippen LogP contribution in [0.3, 0.4) is 0 Å². The lowest BCUT2D eigenvalue weighted by molar-refractivity contribution is -0.402. The molecule has 0 aliphatic carbocycles. The number of ether oxygens (including phenoxy) is 1. The second-order valence-corrected chi connectivity index (χ2v) is 5.72. The van der Waals surface area contributed by atoms with Gasteiger partial charge in [-0.25, -0.2) is 4.79 Å². The van der Waals surface area contributed by atoms with Gasteiger partial charge >= 0.3 is 11.9 Å². The average Bonchev–Trinajstić information content (AvgIpc) is 3.21. The zero-order chi connectivity index (χ0) is 19.9. The Balaban J connectivity index is 1.79. The van der Waals surface area contributed by atoms with Gasteiger partial charge in [-0.05, 0) is 12.1 Å². The van der Waals surface area contributed by atoms with Crippen LogP contribution in [0.2, 0.25) is 0 Å². The highest BCUT2D eigenvalue weighted by Crippen LogP contribution is 2.23. The Hall–Kier alpha value is -4.00. The van der Waals surface area contributed by atoms with Gasteiger partial charge in [-0.15, -0.1) is 0 Å². The molecular formula is C21H15NO6. The van der Waals surface area contributed by atoms with Crippen molar-refractivity contribution in [2.45, 2.75) is 6.10 Å². The molecule has 28 heavy (non-hydrogen) atoms. The number of rotatable bonds is 7. The van der Waals surface area contributed by atoms with E-state index in [1.54, 1.807) is 60.7 Å². The topological polar surface area (TPSA) is 99.7 Å². The highest BCUT2D eigenvalue weighted by Gasteiger charge is 2.25. The standard InChI is InChI=1S/C21H15NO6/c23-19(14-12-17-11-13-18(27-17)22(25)26)28-21(16-9-5-2-6-10-16)20(24)15-7-3-1-4-8-15/h1-14,21H/b14-12+/t21-/m0/s1. The summed E-state index contributed by atoms with van der Waals surface area (Å²) in [6.45, 7) is 0. The van der Waals surface area contributed by atoms with Crippen LogP contribution in [0.1, 0.15) is 27.8 Å². The number of hydrogen-bond donors (Lipinski definition) is 0. The number of ketones is 1. The van der Waals surface area contributed by atoms with E-state index >= 15 is 0 Å². The maximum atomic E-state index is 12.8. The van der Waals surface area contributed by atoms with Crippen molar-refractivity contribution in [3.05, 3.63) is 106 Å². The van der Waals surface area contributed by atoms with Crippen molar-refractivity contribution >= 4 is 23.7 Å². The van der Waals surface area contributed by atoms with E-state index in [-0.39, 0.29) is 11.5 Å². The third-order valence-corrected chi connectivity index (χ3v) is 3.81. The summed E-state index contributed by atoms with van der Waals surface area (Å²) in [5.74, 6) is -1.46. The molecule has 0 aliphatic rings. The molecule has 0 fully saturated rings. The average molecular weight is 377 g/mol. The van der Waals surface area contributed by atoms with E-state index < -0.39 is 22.9 Å². The van der Waals surface area contributed by atoms with Crippen LogP contribution in [-0.2, 0) is 9.53 Å². The third-order valence-electron chi connectivity index (χ3n) is 3.81. The number of furan rings is 1. The molecule has 0 bridgehead atoms. The summed E-state index contributed by atoms with van der Waals surface area (Å²) in [5, 5.41) is 10.6. The van der Waals surface area contributed by atoms with Gasteiger partial charge in [0.1, 0.15) is 10.7 Å². The predicted molar refractivity (Wildman–Crippen MR) is 100 cm³/mol. The molecule has 0 spiro atoms. The van der Waals surface area contributed by atoms with Gasteiger partial charge in [0.15, 0.2) is 6.10 Å². The number of esters is 1. The zero-order valence-corrected chi connectivity index (χ0v) is 14.6. The van der Waals surface area contributed by atoms with Crippen LogP contribution >= 0.6 is 0 Å². The van der Waals surface area contributed by atoms with E-state index in [4.69, 9.17) is 9.15 Å². The molecule has 7 heteroatoms. The molecule has 3 rings (SSSR count). The van der Waals surface area contributed by atoms with Gasteiger partial charge in [0.05, 0.1) is 6.07 Å². The fourth-order valence-corrected chi connectivity index (χ4v) is 2.49. The van der Waals surface area contributed by atoms with Crippen LogP contribution in [-0.4, -0.2) is 16.7 Å². The summed E-state index contributed by atoms with van der Waals surface area (Å²) in [5.41, 5.74) is 0.946. The van der Waals surface area contributed by atoms with Crippen molar-refractivity contribution in [1.29, 1.82) is 0 Å². The molecule has 0 saturated heterocycles. The molecule has 7 nitrogen and oxygen atoms in total. The van der Waals surface area contributed by atoms with Crippen LogP contribution in [0.25, 0.3) is 6.08 Å². The lowest BCUT2D eigenvalue weighted by atomic mass is 10.00. The van der Waals surface area contributed by atoms with Gasteiger partial charge in [0, 0.05) is 17.2 Å². The molecule has 1 aromatic heterocycles. The molecule has 2 aromatic carbocycles. The monoisotopic (exact) mass is 377 g/mol. The quantitative estimate of drug-likeness (QED) is 0.199. The largest absolute Gasteiger partial charge is 0.446 e. The van der Waals surface area contributed by atoms with Gasteiger partial charge in [-0.1, -0.05) is 60.7 Å². The highest BCUT2D eigenvalue weighted by molar-refractivity contribution is 6.01. The first kappa shape index (κ1) is 18.8. The van der Waals surface area contributed by atoms with Crippen molar-refractivity contribution in [3.63, 3.8) is 0 Å². The van der Waals surface area contributed by atoms with Gasteiger partial charge in [-0.3, -0.25) is 14.9 Å². The van der Waals surface area contributed by atoms with Crippen molar-refractivity contribution < 1.29 is 23.7 Å².